The number of nitrogens with zero attached hydrogens (tertiary/aromatic N) is 5. The van der Waals surface area contributed by atoms with E-state index in [1.54, 1.807) is 10.9 Å². The summed E-state index contributed by atoms with van der Waals surface area (Å²) in [4.78, 5) is 11.4. The molecule has 0 spiro atoms. The highest BCUT2D eigenvalue weighted by Crippen LogP contribution is 2.20. The first kappa shape index (κ1) is 24.2. The largest absolute Gasteiger partial charge is 0.354 e. The van der Waals surface area contributed by atoms with Gasteiger partial charge in [0, 0.05) is 57.4 Å². The molecule has 2 N–H and O–H groups in total. The quantitative estimate of drug-likeness (QED) is 0.282. The number of likely N-dealkylation sites (tertiary alicyclic amines) is 1. The summed E-state index contributed by atoms with van der Waals surface area (Å²) in [5.74, 6) is 1.65. The van der Waals surface area contributed by atoms with Crippen LogP contribution in [0.5, 0.6) is 0 Å². The Bertz CT molecular complexity index is 975. The van der Waals surface area contributed by atoms with Crippen molar-refractivity contribution in [2.45, 2.75) is 44.9 Å². The van der Waals surface area contributed by atoms with Crippen LogP contribution in [0, 0.1) is 0 Å². The molecule has 2 aromatic heterocycles. The van der Waals surface area contributed by atoms with Gasteiger partial charge in [0.15, 0.2) is 11.8 Å². The summed E-state index contributed by atoms with van der Waals surface area (Å²) in [6, 6.07) is 17.6. The van der Waals surface area contributed by atoms with E-state index in [0.717, 1.165) is 43.3 Å². The summed E-state index contributed by atoms with van der Waals surface area (Å²) in [6.07, 6.45) is 7.67. The van der Waals surface area contributed by atoms with Gasteiger partial charge in [-0.3, -0.25) is 9.89 Å². The van der Waals surface area contributed by atoms with E-state index in [2.05, 4.69) is 67.9 Å². The van der Waals surface area contributed by atoms with Gasteiger partial charge in [0.05, 0.1) is 0 Å². The average molecular weight is 545 g/mol. The Morgan fingerprint density at radius 2 is 1.97 bits per heavy atom. The van der Waals surface area contributed by atoms with E-state index in [9.17, 15) is 0 Å². The molecule has 0 bridgehead atoms. The van der Waals surface area contributed by atoms with Gasteiger partial charge in [0.25, 0.3) is 0 Å². The Labute approximate surface area is 207 Å². The Balaban J connectivity index is 0.00000289. The van der Waals surface area contributed by atoms with Crippen LogP contribution >= 0.6 is 24.0 Å². The molecule has 0 amide bonds. The molecular formula is C24H32IN7. The van der Waals surface area contributed by atoms with E-state index in [1.165, 1.54) is 5.56 Å². The summed E-state index contributed by atoms with van der Waals surface area (Å²) >= 11 is 0. The molecule has 3 aromatic rings. The highest BCUT2D eigenvalue weighted by atomic mass is 127. The van der Waals surface area contributed by atoms with Crippen molar-refractivity contribution in [3.63, 3.8) is 0 Å². The number of nitrogens with one attached hydrogen (secondary N) is 2. The van der Waals surface area contributed by atoms with Crippen molar-refractivity contribution in [2.75, 3.05) is 13.6 Å². The van der Waals surface area contributed by atoms with Crippen molar-refractivity contribution >= 4 is 29.9 Å². The summed E-state index contributed by atoms with van der Waals surface area (Å²) < 4.78 is 1.77. The zero-order valence-electron chi connectivity index (χ0n) is 18.7. The van der Waals surface area contributed by atoms with Gasteiger partial charge >= 0.3 is 0 Å². The molecule has 8 heteroatoms. The molecule has 7 nitrogen and oxygen atoms in total. The van der Waals surface area contributed by atoms with Gasteiger partial charge in [0.1, 0.15) is 0 Å². The number of benzene rings is 1. The summed E-state index contributed by atoms with van der Waals surface area (Å²) in [5, 5.41) is 11.3. The van der Waals surface area contributed by atoms with Gasteiger partial charge in [0.2, 0.25) is 0 Å². The standard InChI is InChI=1S/C24H31N7.HI/c1-19-15-22(10-14-30(19)18-20-7-4-3-5-8-20)29-24(25-2)27-17-21-9-12-26-23(16-21)31-13-6-11-28-31;/h3-9,11-13,16,19,22H,10,14-15,17-18H2,1-2H3,(H2,25,27,29);1H. The smallest absolute Gasteiger partial charge is 0.191 e. The van der Waals surface area contributed by atoms with E-state index in [0.29, 0.717) is 18.6 Å². The van der Waals surface area contributed by atoms with Gasteiger partial charge in [-0.05, 0) is 49.1 Å². The lowest BCUT2D eigenvalue weighted by molar-refractivity contribution is 0.134. The number of hydrogen-bond acceptors (Lipinski definition) is 4. The normalized spacial score (nSPS) is 19.2. The SMILES string of the molecule is CN=C(NCc1ccnc(-n2cccn2)c1)NC1CCN(Cc2ccccc2)C(C)C1.I. The molecule has 1 fully saturated rings. The Kier molecular flexibility index (Phi) is 9.04. The second kappa shape index (κ2) is 12.0. The molecule has 4 rings (SSSR count). The minimum atomic E-state index is 0. The van der Waals surface area contributed by atoms with Gasteiger partial charge in [-0.2, -0.15) is 5.10 Å². The van der Waals surface area contributed by atoms with Crippen molar-refractivity contribution in [1.82, 2.24) is 30.3 Å². The third-order valence-corrected chi connectivity index (χ3v) is 5.82. The van der Waals surface area contributed by atoms with Gasteiger partial charge < -0.3 is 10.6 Å². The molecule has 0 aliphatic carbocycles. The fourth-order valence-corrected chi connectivity index (χ4v) is 4.08. The second-order valence-electron chi connectivity index (χ2n) is 8.07. The molecule has 0 saturated carbocycles. The summed E-state index contributed by atoms with van der Waals surface area (Å²) in [6.45, 7) is 5.10. The van der Waals surface area contributed by atoms with E-state index >= 15 is 0 Å². The number of rotatable bonds is 6. The topological polar surface area (TPSA) is 70.4 Å². The zero-order chi connectivity index (χ0) is 21.5. The number of piperidine rings is 1. The monoisotopic (exact) mass is 545 g/mol. The molecule has 170 valence electrons. The molecule has 0 radical (unpaired) electrons. The lowest BCUT2D eigenvalue weighted by Crippen LogP contribution is -2.51. The second-order valence-corrected chi connectivity index (χ2v) is 8.07. The van der Waals surface area contributed by atoms with Crippen LogP contribution in [0.25, 0.3) is 5.82 Å². The fourth-order valence-electron chi connectivity index (χ4n) is 4.08. The zero-order valence-corrected chi connectivity index (χ0v) is 21.0. The van der Waals surface area contributed by atoms with Crippen LogP contribution in [-0.2, 0) is 13.1 Å². The third kappa shape index (κ3) is 6.52. The number of pyridine rings is 1. The Morgan fingerprint density at radius 1 is 1.12 bits per heavy atom. The van der Waals surface area contributed by atoms with E-state index < -0.39 is 0 Å². The van der Waals surface area contributed by atoms with Crippen molar-refractivity contribution in [3.8, 4) is 5.82 Å². The minimum Gasteiger partial charge on any atom is -0.354 e. The minimum absolute atomic E-state index is 0. The van der Waals surface area contributed by atoms with Gasteiger partial charge in [-0.1, -0.05) is 30.3 Å². The Hall–Kier alpha value is -2.46. The number of guanidine groups is 1. The van der Waals surface area contributed by atoms with Crippen LogP contribution in [0.15, 0.2) is 72.1 Å². The average Bonchev–Trinajstić information content (AvgIpc) is 3.34. The highest BCUT2D eigenvalue weighted by Gasteiger charge is 2.25. The molecule has 1 aliphatic heterocycles. The molecule has 2 atom stereocenters. The summed E-state index contributed by atoms with van der Waals surface area (Å²) in [7, 11) is 1.82. The van der Waals surface area contributed by atoms with Crippen molar-refractivity contribution in [1.29, 1.82) is 0 Å². The first-order valence-electron chi connectivity index (χ1n) is 10.9. The van der Waals surface area contributed by atoms with Crippen LogP contribution in [-0.4, -0.2) is 51.3 Å². The lowest BCUT2D eigenvalue weighted by atomic mass is 9.97. The lowest BCUT2D eigenvalue weighted by Gasteiger charge is -2.38. The first-order valence-corrected chi connectivity index (χ1v) is 10.9. The maximum atomic E-state index is 4.43. The maximum absolute atomic E-state index is 4.43. The molecule has 3 heterocycles. The third-order valence-electron chi connectivity index (χ3n) is 5.82. The van der Waals surface area contributed by atoms with E-state index in [1.807, 2.05) is 37.6 Å². The van der Waals surface area contributed by atoms with E-state index in [4.69, 9.17) is 0 Å². The van der Waals surface area contributed by atoms with Crippen molar-refractivity contribution < 1.29 is 0 Å². The van der Waals surface area contributed by atoms with Crippen LogP contribution in [0.4, 0.5) is 0 Å². The number of aliphatic imine (C=N–C) groups is 1. The van der Waals surface area contributed by atoms with Crippen LogP contribution in [0.2, 0.25) is 0 Å². The maximum Gasteiger partial charge on any atom is 0.191 e. The molecule has 1 aliphatic rings. The van der Waals surface area contributed by atoms with Gasteiger partial charge in [-0.15, -0.1) is 24.0 Å². The molecule has 2 unspecified atom stereocenters. The number of hydrogen-bond donors (Lipinski definition) is 2. The van der Waals surface area contributed by atoms with Crippen molar-refractivity contribution in [3.05, 3.63) is 78.2 Å². The molecular weight excluding hydrogens is 513 g/mol. The van der Waals surface area contributed by atoms with E-state index in [-0.39, 0.29) is 24.0 Å². The molecule has 1 saturated heterocycles. The molecule has 32 heavy (non-hydrogen) atoms. The predicted molar refractivity (Wildman–Crippen MR) is 139 cm³/mol. The predicted octanol–water partition coefficient (Wildman–Crippen LogP) is 3.60. The van der Waals surface area contributed by atoms with Crippen molar-refractivity contribution in [2.24, 2.45) is 4.99 Å². The summed E-state index contributed by atoms with van der Waals surface area (Å²) in [5.41, 5.74) is 2.51. The molecule has 1 aromatic carbocycles. The first-order chi connectivity index (χ1) is 15.2. The van der Waals surface area contributed by atoms with Gasteiger partial charge in [-0.25, -0.2) is 9.67 Å². The fraction of sp³-hybridized carbons (Fsp3) is 0.375. The van der Waals surface area contributed by atoms with Crippen LogP contribution in [0.1, 0.15) is 30.9 Å². The highest BCUT2D eigenvalue weighted by molar-refractivity contribution is 14.0. The van der Waals surface area contributed by atoms with Crippen LogP contribution in [0.3, 0.4) is 0 Å². The number of halogens is 1. The Morgan fingerprint density at radius 3 is 2.69 bits per heavy atom. The van der Waals surface area contributed by atoms with Crippen LogP contribution < -0.4 is 10.6 Å². The number of aromatic nitrogens is 3.